The molecule has 0 unspecified atom stereocenters. The summed E-state index contributed by atoms with van der Waals surface area (Å²) in [5, 5.41) is 10.8. The van der Waals surface area contributed by atoms with Gasteiger partial charge >= 0.3 is 0 Å². The molecule has 0 saturated carbocycles. The summed E-state index contributed by atoms with van der Waals surface area (Å²) in [7, 11) is 0. The van der Waals surface area contributed by atoms with Gasteiger partial charge in [0.05, 0.1) is 19.8 Å². The summed E-state index contributed by atoms with van der Waals surface area (Å²) >= 11 is 0. The summed E-state index contributed by atoms with van der Waals surface area (Å²) in [4.78, 5) is 0. The highest BCUT2D eigenvalue weighted by Gasteiger charge is 1.92. The highest BCUT2D eigenvalue weighted by Crippen LogP contribution is 1.99. The quantitative estimate of drug-likeness (QED) is 0.401. The van der Waals surface area contributed by atoms with Gasteiger partial charge in [0.15, 0.2) is 6.19 Å². The summed E-state index contributed by atoms with van der Waals surface area (Å²) in [6.07, 6.45) is 2.71. The van der Waals surface area contributed by atoms with Gasteiger partial charge in [-0.25, -0.2) is 0 Å². The summed E-state index contributed by atoms with van der Waals surface area (Å²) in [6.45, 7) is 3.14. The minimum absolute atomic E-state index is 0.597. The Morgan fingerprint density at radius 1 is 1.06 bits per heavy atom. The molecule has 1 N–H and O–H groups in total. The molecule has 0 fully saturated rings. The van der Waals surface area contributed by atoms with Gasteiger partial charge in [0.1, 0.15) is 0 Å². The van der Waals surface area contributed by atoms with Crippen LogP contribution in [0.25, 0.3) is 0 Å². The van der Waals surface area contributed by atoms with Crippen molar-refractivity contribution in [2.75, 3.05) is 26.4 Å². The zero-order valence-corrected chi connectivity index (χ0v) is 9.89. The maximum Gasteiger partial charge on any atom is 0.176 e. The van der Waals surface area contributed by atoms with Crippen molar-refractivity contribution in [1.82, 2.24) is 5.32 Å². The van der Waals surface area contributed by atoms with Crippen LogP contribution in [0.5, 0.6) is 0 Å². The van der Waals surface area contributed by atoms with E-state index in [0.29, 0.717) is 33.0 Å². The standard InChI is InChI=1S/C13H18N2O2/c14-12-15-7-4-8-16-9-10-17-11-13-5-2-1-3-6-13/h1-3,5-6,15H,4,7-11H2. The molecule has 4 heteroatoms. The Hall–Kier alpha value is -1.57. The Labute approximate surface area is 102 Å². The van der Waals surface area contributed by atoms with Gasteiger partial charge in [-0.1, -0.05) is 30.3 Å². The van der Waals surface area contributed by atoms with Crippen molar-refractivity contribution in [2.24, 2.45) is 0 Å². The van der Waals surface area contributed by atoms with E-state index in [0.717, 1.165) is 6.42 Å². The van der Waals surface area contributed by atoms with E-state index in [1.807, 2.05) is 36.5 Å². The lowest BCUT2D eigenvalue weighted by atomic mass is 10.2. The lowest BCUT2D eigenvalue weighted by Crippen LogP contribution is -2.11. The molecule has 0 saturated heterocycles. The number of hydrogen-bond acceptors (Lipinski definition) is 4. The summed E-state index contributed by atoms with van der Waals surface area (Å²) in [5.74, 6) is 0. The monoisotopic (exact) mass is 234 g/mol. The highest BCUT2D eigenvalue weighted by molar-refractivity contribution is 5.13. The second kappa shape index (κ2) is 9.64. The van der Waals surface area contributed by atoms with Crippen molar-refractivity contribution in [1.29, 1.82) is 5.26 Å². The summed E-state index contributed by atoms with van der Waals surface area (Å²) < 4.78 is 10.8. The SMILES string of the molecule is N#CNCCCOCCOCc1ccccc1. The molecular formula is C13H18N2O2. The van der Waals surface area contributed by atoms with E-state index in [9.17, 15) is 0 Å². The average Bonchev–Trinajstić information content (AvgIpc) is 2.38. The number of rotatable bonds is 9. The van der Waals surface area contributed by atoms with E-state index >= 15 is 0 Å². The number of ether oxygens (including phenoxy) is 2. The van der Waals surface area contributed by atoms with Crippen LogP contribution in [0.3, 0.4) is 0 Å². The lowest BCUT2D eigenvalue weighted by Gasteiger charge is -2.05. The molecule has 0 aliphatic carbocycles. The first-order valence-electron chi connectivity index (χ1n) is 5.75. The molecule has 0 spiro atoms. The van der Waals surface area contributed by atoms with Crippen LogP contribution in [0.2, 0.25) is 0 Å². The van der Waals surface area contributed by atoms with Gasteiger partial charge in [-0.2, -0.15) is 5.26 Å². The van der Waals surface area contributed by atoms with E-state index in [1.165, 1.54) is 5.56 Å². The summed E-state index contributed by atoms with van der Waals surface area (Å²) in [5.41, 5.74) is 1.17. The van der Waals surface area contributed by atoms with Crippen LogP contribution in [-0.4, -0.2) is 26.4 Å². The maximum absolute atomic E-state index is 8.23. The Balaban J connectivity index is 1.87. The van der Waals surface area contributed by atoms with Crippen molar-refractivity contribution >= 4 is 0 Å². The fourth-order valence-electron chi connectivity index (χ4n) is 1.30. The van der Waals surface area contributed by atoms with Crippen LogP contribution >= 0.6 is 0 Å². The van der Waals surface area contributed by atoms with Crippen molar-refractivity contribution < 1.29 is 9.47 Å². The highest BCUT2D eigenvalue weighted by atomic mass is 16.5. The Morgan fingerprint density at radius 2 is 1.82 bits per heavy atom. The van der Waals surface area contributed by atoms with Crippen LogP contribution in [0.15, 0.2) is 30.3 Å². The minimum atomic E-state index is 0.597. The molecule has 17 heavy (non-hydrogen) atoms. The molecule has 0 amide bonds. The third-order valence-corrected chi connectivity index (χ3v) is 2.15. The minimum Gasteiger partial charge on any atom is -0.379 e. The van der Waals surface area contributed by atoms with Crippen LogP contribution < -0.4 is 5.32 Å². The molecular weight excluding hydrogens is 216 g/mol. The van der Waals surface area contributed by atoms with Crippen molar-refractivity contribution in [3.63, 3.8) is 0 Å². The molecule has 0 heterocycles. The zero-order valence-electron chi connectivity index (χ0n) is 9.89. The van der Waals surface area contributed by atoms with Crippen LogP contribution in [0, 0.1) is 11.5 Å². The molecule has 1 rings (SSSR count). The first kappa shape index (κ1) is 13.5. The number of benzene rings is 1. The number of nitrogens with zero attached hydrogens (tertiary/aromatic N) is 1. The molecule has 0 atom stereocenters. The molecule has 4 nitrogen and oxygen atoms in total. The van der Waals surface area contributed by atoms with E-state index < -0.39 is 0 Å². The average molecular weight is 234 g/mol. The zero-order chi connectivity index (χ0) is 12.2. The molecule has 0 aromatic heterocycles. The van der Waals surface area contributed by atoms with E-state index in [1.54, 1.807) is 0 Å². The maximum atomic E-state index is 8.23. The van der Waals surface area contributed by atoms with Gasteiger partial charge in [-0.15, -0.1) is 0 Å². The lowest BCUT2D eigenvalue weighted by molar-refractivity contribution is 0.0401. The van der Waals surface area contributed by atoms with Crippen molar-refractivity contribution in [3.8, 4) is 6.19 Å². The van der Waals surface area contributed by atoms with Gasteiger partial charge < -0.3 is 14.8 Å². The summed E-state index contributed by atoms with van der Waals surface area (Å²) in [6, 6.07) is 10.1. The fourth-order valence-corrected chi connectivity index (χ4v) is 1.30. The Morgan fingerprint density at radius 3 is 2.59 bits per heavy atom. The van der Waals surface area contributed by atoms with Gasteiger partial charge in [0, 0.05) is 13.2 Å². The molecule has 92 valence electrons. The van der Waals surface area contributed by atoms with E-state index in [2.05, 4.69) is 5.32 Å². The number of nitriles is 1. The van der Waals surface area contributed by atoms with E-state index in [4.69, 9.17) is 14.7 Å². The normalized spacial score (nSPS) is 9.82. The van der Waals surface area contributed by atoms with Crippen molar-refractivity contribution in [3.05, 3.63) is 35.9 Å². The third kappa shape index (κ3) is 7.34. The second-order valence-corrected chi connectivity index (χ2v) is 3.54. The first-order chi connectivity index (χ1) is 8.43. The van der Waals surface area contributed by atoms with Gasteiger partial charge in [-0.3, -0.25) is 0 Å². The van der Waals surface area contributed by atoms with Gasteiger partial charge in [0.2, 0.25) is 0 Å². The second-order valence-electron chi connectivity index (χ2n) is 3.54. The Bertz CT molecular complexity index is 322. The van der Waals surface area contributed by atoms with Crippen LogP contribution in [0.1, 0.15) is 12.0 Å². The smallest absolute Gasteiger partial charge is 0.176 e. The van der Waals surface area contributed by atoms with Gasteiger partial charge in [0.25, 0.3) is 0 Å². The van der Waals surface area contributed by atoms with Crippen molar-refractivity contribution in [2.45, 2.75) is 13.0 Å². The molecule has 1 aromatic rings. The first-order valence-corrected chi connectivity index (χ1v) is 5.75. The number of nitrogens with one attached hydrogen (secondary N) is 1. The van der Waals surface area contributed by atoms with E-state index in [-0.39, 0.29) is 0 Å². The van der Waals surface area contributed by atoms with Crippen LogP contribution in [0.4, 0.5) is 0 Å². The predicted octanol–water partition coefficient (Wildman–Crippen LogP) is 1.68. The molecule has 1 aromatic carbocycles. The van der Waals surface area contributed by atoms with Crippen LogP contribution in [-0.2, 0) is 16.1 Å². The number of hydrogen-bond donors (Lipinski definition) is 1. The molecule has 0 aliphatic heterocycles. The fraction of sp³-hybridized carbons (Fsp3) is 0.462. The molecule has 0 radical (unpaired) electrons. The Kier molecular flexibility index (Phi) is 7.65. The largest absolute Gasteiger partial charge is 0.379 e. The third-order valence-electron chi connectivity index (χ3n) is 2.15. The topological polar surface area (TPSA) is 54.3 Å². The van der Waals surface area contributed by atoms with Gasteiger partial charge in [-0.05, 0) is 12.0 Å². The molecule has 0 aliphatic rings. The predicted molar refractivity (Wildman–Crippen MR) is 65.1 cm³/mol. The molecule has 0 bridgehead atoms.